The Hall–Kier alpha value is -6.84. The Morgan fingerprint density at radius 2 is 0.778 bits per heavy atom. The number of rotatable bonds is 25. The van der Waals surface area contributed by atoms with Crippen LogP contribution in [0.3, 0.4) is 0 Å². The van der Waals surface area contributed by atoms with Crippen molar-refractivity contribution >= 4 is 23.6 Å². The van der Waals surface area contributed by atoms with Crippen LogP contribution in [0.15, 0.2) is 72.8 Å². The summed E-state index contributed by atoms with van der Waals surface area (Å²) in [5.41, 5.74) is -0.693. The van der Waals surface area contributed by atoms with E-state index in [-0.39, 0.29) is 133 Å². The van der Waals surface area contributed by atoms with Crippen LogP contribution in [0, 0.1) is 0 Å². The minimum Gasteiger partial charge on any atom is -0.504 e. The number of hydrogen-bond donors (Lipinski definition) is 10. The van der Waals surface area contributed by atoms with Gasteiger partial charge in [0.2, 0.25) is 0 Å². The lowest BCUT2D eigenvalue weighted by atomic mass is 10.1. The summed E-state index contributed by atoms with van der Waals surface area (Å²) in [5, 5.41) is 37.3. The maximum Gasteiger partial charge on any atom is 0.293 e. The summed E-state index contributed by atoms with van der Waals surface area (Å²) in [5.74, 6) is -5.38. The maximum atomic E-state index is 14.0. The molecule has 4 aromatic rings. The smallest absolute Gasteiger partial charge is 0.293 e. The number of nitrogens with one attached hydrogen (secondary N) is 2. The summed E-state index contributed by atoms with van der Waals surface area (Å²) in [6, 6.07) is 16.1. The SMILES string of the molecule is [2H]Oc1cccc(C(=O)N([2H])CCCN(CCCCN(CCCN([2H])C(=O)c2cccc(O[2H])c2O[2H])C(=O)c2cccc(O[2H])c2O[2H])C(=O)c2cccc(O[2H])c2O[2H])c1O[2H]. The molecule has 16 nitrogen and oxygen atoms in total. The molecule has 0 saturated heterocycles. The highest BCUT2D eigenvalue weighted by Gasteiger charge is 2.23. The Bertz CT molecular complexity index is 2080. The Balaban J connectivity index is 1.52. The average Bonchev–Trinajstić information content (AvgIpc) is 3.33. The fourth-order valence-corrected chi connectivity index (χ4v) is 5.37. The van der Waals surface area contributed by atoms with Gasteiger partial charge in [0.15, 0.2) is 48.8 Å². The van der Waals surface area contributed by atoms with Gasteiger partial charge in [-0.15, -0.1) is 0 Å². The van der Waals surface area contributed by atoms with Crippen molar-refractivity contribution in [3.63, 3.8) is 0 Å². The molecule has 0 aromatic heterocycles. The van der Waals surface area contributed by atoms with Gasteiger partial charge in [-0.3, -0.25) is 19.2 Å². The van der Waals surface area contributed by atoms with Crippen molar-refractivity contribution < 1.29 is 62.9 Å². The summed E-state index contributed by atoms with van der Waals surface area (Å²) in [7, 11) is 0. The lowest BCUT2D eigenvalue weighted by Crippen LogP contribution is -2.37. The fourth-order valence-electron chi connectivity index (χ4n) is 5.37. The number of aromatic hydroxyl groups is 8. The third-order valence-electron chi connectivity index (χ3n) is 8.20. The number of unbranched alkanes of at least 4 members (excludes halogenated alkanes) is 1. The van der Waals surface area contributed by atoms with Gasteiger partial charge in [-0.2, -0.15) is 0 Å². The summed E-state index contributed by atoms with van der Waals surface area (Å²) in [6.45, 7) is -0.571. The number of nitrogens with zero attached hydrogens (tertiary/aromatic N) is 2. The third-order valence-corrected chi connectivity index (χ3v) is 8.20. The van der Waals surface area contributed by atoms with Crippen LogP contribution in [0.4, 0.5) is 0 Å². The number of hydrogen-bond acceptors (Lipinski definition) is 12. The van der Waals surface area contributed by atoms with E-state index in [1.807, 2.05) is 0 Å². The second-order valence-electron chi connectivity index (χ2n) is 11.9. The predicted octanol–water partition coefficient (Wildman–Crippen LogP) is 3.34. The Morgan fingerprint density at radius 3 is 1.11 bits per heavy atom. The number of phenolic OH excluding ortho intramolecular Hbond substituents is 8. The molecule has 4 rings (SSSR count). The fraction of sp³-hybridized carbons (Fsp3) is 0.263. The van der Waals surface area contributed by atoms with Gasteiger partial charge in [0.1, 0.15) is 0 Å². The van der Waals surface area contributed by atoms with Crippen LogP contribution in [0.5, 0.6) is 46.0 Å². The second-order valence-corrected chi connectivity index (χ2v) is 11.9. The number of benzene rings is 4. The van der Waals surface area contributed by atoms with E-state index in [1.54, 1.807) is 0 Å². The van der Waals surface area contributed by atoms with E-state index in [0.717, 1.165) is 0 Å². The van der Waals surface area contributed by atoms with E-state index >= 15 is 0 Å². The van der Waals surface area contributed by atoms with E-state index in [9.17, 15) is 19.2 Å². The molecule has 0 unspecified atom stereocenters. The number of para-hydroxylation sites is 4. The Kier molecular flexibility index (Phi) is 9.56. The van der Waals surface area contributed by atoms with E-state index in [1.165, 1.54) is 82.6 Å². The molecule has 0 spiro atoms. The molecule has 4 amide bonds. The monoisotopic (exact) mass is 756 g/mol. The van der Waals surface area contributed by atoms with E-state index < -0.39 is 23.6 Å². The van der Waals surface area contributed by atoms with Gasteiger partial charge in [-0.05, 0) is 74.2 Å². The van der Waals surface area contributed by atoms with Crippen LogP contribution >= 0.6 is 0 Å². The van der Waals surface area contributed by atoms with Crippen molar-refractivity contribution in [2.45, 2.75) is 25.7 Å². The summed E-state index contributed by atoms with van der Waals surface area (Å²) >= 11 is 0. The predicted molar refractivity (Wildman–Crippen MR) is 194 cm³/mol. The van der Waals surface area contributed by atoms with Gasteiger partial charge >= 0.3 is 0 Å². The number of carbonyl (C=O) groups excluding carboxylic acids is 4. The van der Waals surface area contributed by atoms with Crippen LogP contribution < -0.4 is 10.6 Å². The first-order valence-corrected chi connectivity index (χ1v) is 16.7. The van der Waals surface area contributed by atoms with Crippen molar-refractivity contribution in [1.82, 2.24) is 20.4 Å². The second kappa shape index (κ2) is 18.6. The van der Waals surface area contributed by atoms with Gasteiger partial charge in [0.05, 0.1) is 22.3 Å². The molecule has 286 valence electrons. The molecule has 4 aromatic carbocycles. The van der Waals surface area contributed by atoms with Crippen molar-refractivity contribution in [3.05, 3.63) is 95.1 Å². The minimum absolute atomic E-state index is 0.00960. The summed E-state index contributed by atoms with van der Waals surface area (Å²) in [4.78, 5) is 57.0. The maximum absolute atomic E-state index is 14.0. The molecule has 0 heterocycles. The zero-order valence-corrected chi connectivity index (χ0v) is 28.7. The van der Waals surface area contributed by atoms with Crippen LogP contribution in [0.25, 0.3) is 0 Å². The molecule has 10 N–H and O–H groups in total. The molecule has 0 aliphatic heterocycles. The van der Waals surface area contributed by atoms with E-state index in [4.69, 9.17) is 14.3 Å². The van der Waals surface area contributed by atoms with Gasteiger partial charge in [0, 0.05) is 39.3 Å². The van der Waals surface area contributed by atoms with Crippen LogP contribution in [-0.2, 0) is 0 Å². The highest BCUT2D eigenvalue weighted by molar-refractivity contribution is 5.99. The zero-order valence-electron chi connectivity index (χ0n) is 38.7. The van der Waals surface area contributed by atoms with Gasteiger partial charge in [0.25, 0.3) is 35.1 Å². The normalized spacial score (nSPS) is 12.7. The third kappa shape index (κ3) is 9.93. The molecule has 0 saturated carbocycles. The molecular weight excluding hydrogens is 704 g/mol. The lowest BCUT2D eigenvalue weighted by molar-refractivity contribution is 0.0714. The molecule has 0 radical (unpaired) electrons. The number of carbonyl (C=O) groups is 4. The summed E-state index contributed by atoms with van der Waals surface area (Å²) in [6.07, 6.45) is 0.511. The number of phenols is 8. The van der Waals surface area contributed by atoms with Gasteiger partial charge in [-0.25, -0.2) is 0 Å². The van der Waals surface area contributed by atoms with Crippen LogP contribution in [0.1, 0.15) is 67.1 Å². The molecule has 0 aliphatic rings. The quantitative estimate of drug-likeness (QED) is 0.0345. The van der Waals surface area contributed by atoms with Crippen molar-refractivity contribution in [2.75, 3.05) is 39.3 Å². The highest BCUT2D eigenvalue weighted by Crippen LogP contribution is 2.31. The Morgan fingerprint density at radius 1 is 0.463 bits per heavy atom. The highest BCUT2D eigenvalue weighted by atomic mass is 16.3. The molecule has 0 atom stereocenters. The van der Waals surface area contributed by atoms with E-state index in [0.29, 0.717) is 10.6 Å². The molecule has 0 aliphatic carbocycles. The topological polar surface area (TPSA) is 261 Å². The first-order valence-electron chi connectivity index (χ1n) is 20.9. The number of amides is 4. The van der Waals surface area contributed by atoms with Crippen molar-refractivity contribution in [3.8, 4) is 46.0 Å². The average molecular weight is 757 g/mol. The Labute approximate surface area is 324 Å². The molecule has 16 heteroatoms. The molecular formula is C38H42N4O12. The molecule has 0 fully saturated rings. The first kappa shape index (κ1) is 27.8. The lowest BCUT2D eigenvalue weighted by Gasteiger charge is -2.26. The first-order chi connectivity index (χ1) is 30.9. The standard InChI is InChI=1S/C38H42N4O12/c43-27-13-3-9-23(31(27)47)35(51)39-17-7-21-41(37(53)25-11-5-15-29(45)33(25)49)19-1-2-20-42(38(54)26-12-6-16-30(46)34(26)50)22-8-18-40-36(52)24-10-4-14-28(44)32(24)48/h3-6,9-16,43-50H,1-2,7-8,17-22H2,(H,39,51)(H,40,52)/i/hD10. The van der Waals surface area contributed by atoms with E-state index in [2.05, 4.69) is 40.9 Å². The van der Waals surface area contributed by atoms with Crippen LogP contribution in [-0.4, -0.2) is 125 Å². The van der Waals surface area contributed by atoms with Crippen molar-refractivity contribution in [1.29, 1.82) is 11.4 Å². The largest absolute Gasteiger partial charge is 0.504 e. The molecule has 0 bridgehead atoms. The van der Waals surface area contributed by atoms with Crippen LogP contribution in [0.2, 0.25) is 2.82 Å². The van der Waals surface area contributed by atoms with Gasteiger partial charge in [-0.1, -0.05) is 24.3 Å². The zero-order chi connectivity index (χ0) is 46.8. The summed E-state index contributed by atoms with van der Waals surface area (Å²) < 4.78 is 75.4. The van der Waals surface area contributed by atoms with Crippen molar-refractivity contribution in [2.24, 2.45) is 0 Å². The minimum atomic E-state index is -0.884. The van der Waals surface area contributed by atoms with Gasteiger partial charge < -0.3 is 61.3 Å². The molecule has 54 heavy (non-hydrogen) atoms.